The Morgan fingerprint density at radius 1 is 1.45 bits per heavy atom. The van der Waals surface area contributed by atoms with Crippen molar-refractivity contribution in [3.8, 4) is 0 Å². The van der Waals surface area contributed by atoms with Crippen molar-refractivity contribution in [1.82, 2.24) is 0 Å². The molecule has 0 saturated carbocycles. The van der Waals surface area contributed by atoms with Gasteiger partial charge < -0.3 is 20.9 Å². The van der Waals surface area contributed by atoms with Crippen molar-refractivity contribution in [3.63, 3.8) is 0 Å². The Kier molecular flexibility index (Phi) is 6.69. The maximum absolute atomic E-state index is 11.8. The molecular weight excluding hydrogens is 260 g/mol. The van der Waals surface area contributed by atoms with E-state index in [9.17, 15) is 9.59 Å². The third-order valence-corrected chi connectivity index (χ3v) is 2.79. The number of anilines is 1. The molecule has 0 aliphatic heterocycles. The molecule has 110 valence electrons. The Morgan fingerprint density at radius 3 is 2.85 bits per heavy atom. The highest BCUT2D eigenvalue weighted by atomic mass is 16.5. The van der Waals surface area contributed by atoms with Gasteiger partial charge >= 0.3 is 5.97 Å². The minimum atomic E-state index is -0.846. The third kappa shape index (κ3) is 5.81. The highest BCUT2D eigenvalue weighted by molar-refractivity contribution is 5.94. The summed E-state index contributed by atoms with van der Waals surface area (Å²) in [6.07, 6.45) is 0.931. The van der Waals surface area contributed by atoms with Gasteiger partial charge in [-0.15, -0.1) is 0 Å². The van der Waals surface area contributed by atoms with E-state index in [2.05, 4.69) is 5.32 Å². The number of aryl methyl sites for hydroxylation is 1. The van der Waals surface area contributed by atoms with Gasteiger partial charge in [-0.25, -0.2) is 0 Å². The fourth-order valence-corrected chi connectivity index (χ4v) is 1.67. The highest BCUT2D eigenvalue weighted by Crippen LogP contribution is 2.12. The minimum absolute atomic E-state index is 0.0603. The number of carboxylic acid groups (broad SMARTS) is 1. The van der Waals surface area contributed by atoms with Crippen molar-refractivity contribution < 1.29 is 19.4 Å². The lowest BCUT2D eigenvalue weighted by Gasteiger charge is -2.12. The zero-order valence-electron chi connectivity index (χ0n) is 11.5. The maximum Gasteiger partial charge on any atom is 0.303 e. The molecule has 0 aliphatic carbocycles. The molecule has 0 aliphatic rings. The average molecular weight is 280 g/mol. The Labute approximate surface area is 117 Å². The van der Waals surface area contributed by atoms with Crippen molar-refractivity contribution in [2.75, 3.05) is 19.0 Å². The first-order valence-electron chi connectivity index (χ1n) is 6.39. The summed E-state index contributed by atoms with van der Waals surface area (Å²) in [5, 5.41) is 11.4. The van der Waals surface area contributed by atoms with Crippen LogP contribution in [0.4, 0.5) is 5.69 Å². The van der Waals surface area contributed by atoms with Gasteiger partial charge in [0.1, 0.15) is 0 Å². The van der Waals surface area contributed by atoms with Crippen LogP contribution >= 0.6 is 0 Å². The topological polar surface area (TPSA) is 102 Å². The molecule has 1 aromatic carbocycles. The van der Waals surface area contributed by atoms with Gasteiger partial charge in [0.05, 0.1) is 6.04 Å². The molecule has 1 amide bonds. The van der Waals surface area contributed by atoms with Crippen LogP contribution in [0.3, 0.4) is 0 Å². The number of ether oxygens (including phenoxy) is 1. The van der Waals surface area contributed by atoms with Crippen molar-refractivity contribution in [2.45, 2.75) is 25.3 Å². The molecule has 0 spiro atoms. The molecule has 1 aromatic rings. The van der Waals surface area contributed by atoms with Crippen LogP contribution in [-0.4, -0.2) is 36.7 Å². The van der Waals surface area contributed by atoms with E-state index >= 15 is 0 Å². The minimum Gasteiger partial charge on any atom is -0.481 e. The van der Waals surface area contributed by atoms with Gasteiger partial charge in [0.15, 0.2) is 0 Å². The molecule has 0 saturated heterocycles. The predicted octanol–water partition coefficient (Wildman–Crippen LogP) is 1.01. The maximum atomic E-state index is 11.8. The van der Waals surface area contributed by atoms with Crippen molar-refractivity contribution in [1.29, 1.82) is 0 Å². The van der Waals surface area contributed by atoms with Crippen molar-refractivity contribution in [2.24, 2.45) is 5.73 Å². The van der Waals surface area contributed by atoms with E-state index in [0.717, 1.165) is 5.56 Å². The van der Waals surface area contributed by atoms with Crippen LogP contribution < -0.4 is 11.1 Å². The second kappa shape index (κ2) is 8.29. The second-order valence-electron chi connectivity index (χ2n) is 4.47. The molecule has 1 unspecified atom stereocenters. The van der Waals surface area contributed by atoms with E-state index in [0.29, 0.717) is 25.1 Å². The monoisotopic (exact) mass is 280 g/mol. The molecular formula is C14H20N2O4. The fourth-order valence-electron chi connectivity index (χ4n) is 1.67. The Bertz CT molecular complexity index is 462. The Morgan fingerprint density at radius 2 is 2.20 bits per heavy atom. The van der Waals surface area contributed by atoms with Crippen molar-refractivity contribution >= 4 is 17.6 Å². The van der Waals surface area contributed by atoms with Crippen LogP contribution in [0.2, 0.25) is 0 Å². The number of nitrogens with one attached hydrogen (secondary N) is 1. The van der Waals surface area contributed by atoms with Gasteiger partial charge in [-0.1, -0.05) is 12.1 Å². The first-order valence-corrected chi connectivity index (χ1v) is 6.39. The van der Waals surface area contributed by atoms with Gasteiger partial charge in [-0.05, 0) is 30.5 Å². The SMILES string of the molecule is COCCC(N)C(=O)Nc1cccc(CCC(=O)O)c1. The van der Waals surface area contributed by atoms with E-state index in [1.54, 1.807) is 25.3 Å². The number of aliphatic carboxylic acids is 1. The van der Waals surface area contributed by atoms with E-state index in [1.807, 2.05) is 6.07 Å². The summed E-state index contributed by atoms with van der Waals surface area (Å²) < 4.78 is 4.87. The van der Waals surface area contributed by atoms with E-state index < -0.39 is 12.0 Å². The van der Waals surface area contributed by atoms with Gasteiger partial charge in [0.25, 0.3) is 0 Å². The molecule has 6 nitrogen and oxygen atoms in total. The first-order chi connectivity index (χ1) is 9.52. The van der Waals surface area contributed by atoms with E-state index in [4.69, 9.17) is 15.6 Å². The summed E-state index contributed by atoms with van der Waals surface area (Å²) in [5.41, 5.74) is 7.19. The Balaban J connectivity index is 2.56. The van der Waals surface area contributed by atoms with Crippen LogP contribution in [0.15, 0.2) is 24.3 Å². The van der Waals surface area contributed by atoms with Crippen LogP contribution in [0.1, 0.15) is 18.4 Å². The zero-order valence-corrected chi connectivity index (χ0v) is 11.5. The normalized spacial score (nSPS) is 11.9. The number of hydrogen-bond donors (Lipinski definition) is 3. The second-order valence-corrected chi connectivity index (χ2v) is 4.47. The van der Waals surface area contributed by atoms with Crippen LogP contribution in [0, 0.1) is 0 Å². The fraction of sp³-hybridized carbons (Fsp3) is 0.429. The summed E-state index contributed by atoms with van der Waals surface area (Å²) in [4.78, 5) is 22.3. The number of carboxylic acids is 1. The lowest BCUT2D eigenvalue weighted by molar-refractivity contribution is -0.137. The Hall–Kier alpha value is -1.92. The molecule has 0 heterocycles. The highest BCUT2D eigenvalue weighted by Gasteiger charge is 2.13. The quantitative estimate of drug-likeness (QED) is 0.659. The lowest BCUT2D eigenvalue weighted by atomic mass is 10.1. The summed E-state index contributed by atoms with van der Waals surface area (Å²) in [5.74, 6) is -1.13. The zero-order chi connectivity index (χ0) is 15.0. The van der Waals surface area contributed by atoms with E-state index in [1.165, 1.54) is 0 Å². The molecule has 1 atom stereocenters. The largest absolute Gasteiger partial charge is 0.481 e. The molecule has 6 heteroatoms. The van der Waals surface area contributed by atoms with Gasteiger partial charge in [-0.2, -0.15) is 0 Å². The third-order valence-electron chi connectivity index (χ3n) is 2.79. The summed E-state index contributed by atoms with van der Waals surface area (Å²) in [6, 6.07) is 6.46. The lowest BCUT2D eigenvalue weighted by Crippen LogP contribution is -2.36. The molecule has 20 heavy (non-hydrogen) atoms. The molecule has 4 N–H and O–H groups in total. The van der Waals surface area contributed by atoms with Gasteiger partial charge in [0, 0.05) is 25.8 Å². The molecule has 0 bridgehead atoms. The average Bonchev–Trinajstić information content (AvgIpc) is 2.42. The number of hydrogen-bond acceptors (Lipinski definition) is 4. The molecule has 1 rings (SSSR count). The van der Waals surface area contributed by atoms with Crippen LogP contribution in [0.5, 0.6) is 0 Å². The number of amides is 1. The summed E-state index contributed by atoms with van der Waals surface area (Å²) in [7, 11) is 1.55. The van der Waals surface area contributed by atoms with Crippen LogP contribution in [0.25, 0.3) is 0 Å². The summed E-state index contributed by atoms with van der Waals surface area (Å²) >= 11 is 0. The number of methoxy groups -OCH3 is 1. The molecule has 0 aromatic heterocycles. The smallest absolute Gasteiger partial charge is 0.303 e. The van der Waals surface area contributed by atoms with Gasteiger partial charge in [-0.3, -0.25) is 9.59 Å². The van der Waals surface area contributed by atoms with Crippen molar-refractivity contribution in [3.05, 3.63) is 29.8 Å². The van der Waals surface area contributed by atoms with Crippen LogP contribution in [-0.2, 0) is 20.7 Å². The first kappa shape index (κ1) is 16.1. The number of nitrogens with two attached hydrogens (primary N) is 1. The molecule has 0 radical (unpaired) electrons. The van der Waals surface area contributed by atoms with Gasteiger partial charge in [0.2, 0.25) is 5.91 Å². The number of benzene rings is 1. The standard InChI is InChI=1S/C14H20N2O4/c1-20-8-7-12(15)14(19)16-11-4-2-3-10(9-11)5-6-13(17)18/h2-4,9,12H,5-8,15H2,1H3,(H,16,19)(H,17,18). The number of rotatable bonds is 8. The number of carbonyl (C=O) groups excluding carboxylic acids is 1. The predicted molar refractivity (Wildman–Crippen MR) is 75.5 cm³/mol. The number of carbonyl (C=O) groups is 2. The van der Waals surface area contributed by atoms with E-state index in [-0.39, 0.29) is 12.3 Å². The summed E-state index contributed by atoms with van der Waals surface area (Å²) in [6.45, 7) is 0.424. The molecule has 0 fully saturated rings.